The van der Waals surface area contributed by atoms with Crippen LogP contribution in [0, 0.1) is 13.8 Å². The van der Waals surface area contributed by atoms with Crippen molar-refractivity contribution in [1.82, 2.24) is 4.98 Å². The number of ether oxygens (including phenoxy) is 2. The number of nitrogens with one attached hydrogen (secondary N) is 1. The van der Waals surface area contributed by atoms with E-state index in [0.29, 0.717) is 16.8 Å². The predicted molar refractivity (Wildman–Crippen MR) is 106 cm³/mol. The Morgan fingerprint density at radius 1 is 1.07 bits per heavy atom. The van der Waals surface area contributed by atoms with Gasteiger partial charge in [0.25, 0.3) is 0 Å². The lowest BCUT2D eigenvalue weighted by atomic mass is 10.1. The summed E-state index contributed by atoms with van der Waals surface area (Å²) in [7, 11) is -1.93. The number of methoxy groups -OCH3 is 1. The van der Waals surface area contributed by atoms with Crippen LogP contribution in [0.5, 0.6) is 0 Å². The molecule has 0 bridgehead atoms. The summed E-state index contributed by atoms with van der Waals surface area (Å²) in [6, 6.07) is 5.93. The first kappa shape index (κ1) is 22.4. The van der Waals surface area contributed by atoms with Crippen LogP contribution in [-0.2, 0) is 25.1 Å². The van der Waals surface area contributed by atoms with Gasteiger partial charge in [-0.15, -0.1) is 0 Å². The third kappa shape index (κ3) is 5.32. The molecule has 2 rings (SSSR count). The SMILES string of the molecule is COC(=O)c1c(C)[nH]c(C(=O)[C@@H](C)OC(=O)c2ccc(CS(C)(=O)=O)cc2)c1C. The molecule has 1 heterocycles. The van der Waals surface area contributed by atoms with Crippen molar-refractivity contribution in [3.05, 3.63) is 57.9 Å². The van der Waals surface area contributed by atoms with Gasteiger partial charge in [-0.3, -0.25) is 4.79 Å². The molecule has 0 fully saturated rings. The number of rotatable bonds is 7. The molecule has 0 saturated heterocycles. The van der Waals surface area contributed by atoms with E-state index >= 15 is 0 Å². The molecular weight excluding hydrogens is 398 g/mol. The molecule has 0 saturated carbocycles. The summed E-state index contributed by atoms with van der Waals surface area (Å²) in [5.41, 5.74) is 2.09. The van der Waals surface area contributed by atoms with Gasteiger partial charge < -0.3 is 14.5 Å². The number of sulfone groups is 1. The van der Waals surface area contributed by atoms with Crippen molar-refractivity contribution in [2.45, 2.75) is 32.6 Å². The third-order valence-corrected chi connectivity index (χ3v) is 5.20. The lowest BCUT2D eigenvalue weighted by Gasteiger charge is -2.12. The average Bonchev–Trinajstić information content (AvgIpc) is 2.93. The second-order valence-corrected chi connectivity index (χ2v) is 8.94. The van der Waals surface area contributed by atoms with Crippen molar-refractivity contribution in [1.29, 1.82) is 0 Å². The molecule has 0 spiro atoms. The van der Waals surface area contributed by atoms with Crippen LogP contribution in [0.1, 0.15) is 54.9 Å². The molecule has 8 nitrogen and oxygen atoms in total. The zero-order valence-corrected chi connectivity index (χ0v) is 17.7. The topological polar surface area (TPSA) is 120 Å². The zero-order valence-electron chi connectivity index (χ0n) is 16.9. The summed E-state index contributed by atoms with van der Waals surface area (Å²) in [6.07, 6.45) is 0.0266. The first-order valence-corrected chi connectivity index (χ1v) is 10.8. The maximum absolute atomic E-state index is 12.7. The fourth-order valence-corrected chi connectivity index (χ4v) is 3.73. The van der Waals surface area contributed by atoms with Crippen LogP contribution in [0.25, 0.3) is 0 Å². The van der Waals surface area contributed by atoms with Crippen LogP contribution in [0.4, 0.5) is 0 Å². The fourth-order valence-electron chi connectivity index (χ4n) is 2.93. The van der Waals surface area contributed by atoms with Gasteiger partial charge in [0.2, 0.25) is 5.78 Å². The first-order valence-electron chi connectivity index (χ1n) is 8.74. The molecule has 1 aromatic heterocycles. The lowest BCUT2D eigenvalue weighted by molar-refractivity contribution is 0.0316. The van der Waals surface area contributed by atoms with Crippen molar-refractivity contribution >= 4 is 27.6 Å². The van der Waals surface area contributed by atoms with E-state index < -0.39 is 33.7 Å². The van der Waals surface area contributed by atoms with E-state index in [4.69, 9.17) is 9.47 Å². The Morgan fingerprint density at radius 3 is 2.17 bits per heavy atom. The van der Waals surface area contributed by atoms with Gasteiger partial charge in [-0.1, -0.05) is 12.1 Å². The molecule has 156 valence electrons. The molecule has 0 aliphatic heterocycles. The summed E-state index contributed by atoms with van der Waals surface area (Å²) in [6.45, 7) is 4.69. The van der Waals surface area contributed by atoms with E-state index in [-0.39, 0.29) is 22.6 Å². The standard InChI is InChI=1S/C20H23NO7S/c1-11-16(20(24)27-4)12(2)21-17(11)18(22)13(3)28-19(23)15-8-6-14(7-9-15)10-29(5,25)26/h6-9,13,21H,10H2,1-5H3/t13-/m1/s1. The van der Waals surface area contributed by atoms with Crippen molar-refractivity contribution in [2.75, 3.05) is 13.4 Å². The Labute approximate surface area is 169 Å². The number of esters is 2. The second-order valence-electron chi connectivity index (χ2n) is 6.80. The summed E-state index contributed by atoms with van der Waals surface area (Å²) >= 11 is 0. The summed E-state index contributed by atoms with van der Waals surface area (Å²) in [5, 5.41) is 0. The number of ketones is 1. The Balaban J connectivity index is 2.14. The Morgan fingerprint density at radius 2 is 1.66 bits per heavy atom. The van der Waals surface area contributed by atoms with E-state index in [1.807, 2.05) is 0 Å². The number of carbonyl (C=O) groups excluding carboxylic acids is 3. The minimum absolute atomic E-state index is 0.134. The third-order valence-electron chi connectivity index (χ3n) is 4.34. The number of aromatic nitrogens is 1. The number of H-pyrrole nitrogens is 1. The van der Waals surface area contributed by atoms with Crippen LogP contribution in [0.2, 0.25) is 0 Å². The summed E-state index contributed by atoms with van der Waals surface area (Å²) < 4.78 is 32.6. The fraction of sp³-hybridized carbons (Fsp3) is 0.350. The molecule has 0 radical (unpaired) electrons. The van der Waals surface area contributed by atoms with Crippen LogP contribution in [0.15, 0.2) is 24.3 Å². The highest BCUT2D eigenvalue weighted by atomic mass is 32.2. The molecule has 0 aliphatic carbocycles. The average molecular weight is 421 g/mol. The molecule has 1 N–H and O–H groups in total. The molecule has 2 aromatic rings. The van der Waals surface area contributed by atoms with Gasteiger partial charge in [0, 0.05) is 11.9 Å². The maximum atomic E-state index is 12.7. The molecule has 29 heavy (non-hydrogen) atoms. The monoisotopic (exact) mass is 421 g/mol. The molecule has 1 atom stereocenters. The van der Waals surface area contributed by atoms with E-state index in [0.717, 1.165) is 6.26 Å². The molecular formula is C20H23NO7S. The van der Waals surface area contributed by atoms with Crippen LogP contribution in [-0.4, -0.2) is 50.6 Å². The zero-order chi connectivity index (χ0) is 21.9. The van der Waals surface area contributed by atoms with Gasteiger partial charge in [0.05, 0.1) is 29.7 Å². The highest BCUT2D eigenvalue weighted by molar-refractivity contribution is 7.89. The van der Waals surface area contributed by atoms with Crippen molar-refractivity contribution in [3.8, 4) is 0 Å². The van der Waals surface area contributed by atoms with Crippen molar-refractivity contribution in [3.63, 3.8) is 0 Å². The normalized spacial score (nSPS) is 12.3. The minimum Gasteiger partial charge on any atom is -0.465 e. The van der Waals surface area contributed by atoms with Gasteiger partial charge in [0.15, 0.2) is 15.9 Å². The highest BCUT2D eigenvalue weighted by Crippen LogP contribution is 2.21. The van der Waals surface area contributed by atoms with Gasteiger partial charge in [0.1, 0.15) is 0 Å². The van der Waals surface area contributed by atoms with Gasteiger partial charge >= 0.3 is 11.9 Å². The number of Topliss-reactive ketones (excluding diaryl/α,β-unsaturated/α-hetero) is 1. The minimum atomic E-state index is -3.18. The maximum Gasteiger partial charge on any atom is 0.339 e. The van der Waals surface area contributed by atoms with E-state index in [2.05, 4.69) is 4.98 Å². The van der Waals surface area contributed by atoms with Crippen molar-refractivity contribution < 1.29 is 32.3 Å². The quantitative estimate of drug-likeness (QED) is 0.538. The number of aryl methyl sites for hydroxylation is 1. The first-order chi connectivity index (χ1) is 13.4. The molecule has 0 aliphatic rings. The number of hydrogen-bond donors (Lipinski definition) is 1. The van der Waals surface area contributed by atoms with E-state index in [1.54, 1.807) is 13.8 Å². The number of aromatic amines is 1. The van der Waals surface area contributed by atoms with Crippen LogP contribution in [0.3, 0.4) is 0 Å². The van der Waals surface area contributed by atoms with E-state index in [1.165, 1.54) is 38.3 Å². The number of carbonyl (C=O) groups is 3. The number of hydrogen-bond acceptors (Lipinski definition) is 7. The smallest absolute Gasteiger partial charge is 0.339 e. The largest absolute Gasteiger partial charge is 0.465 e. The second kappa shape index (κ2) is 8.60. The lowest BCUT2D eigenvalue weighted by Crippen LogP contribution is -2.25. The van der Waals surface area contributed by atoms with Crippen LogP contribution < -0.4 is 0 Å². The highest BCUT2D eigenvalue weighted by Gasteiger charge is 2.27. The van der Waals surface area contributed by atoms with Crippen molar-refractivity contribution in [2.24, 2.45) is 0 Å². The van der Waals surface area contributed by atoms with Crippen LogP contribution >= 0.6 is 0 Å². The Hall–Kier alpha value is -2.94. The van der Waals surface area contributed by atoms with E-state index in [9.17, 15) is 22.8 Å². The molecule has 9 heteroatoms. The molecule has 1 aromatic carbocycles. The van der Waals surface area contributed by atoms with Gasteiger partial charge in [-0.05, 0) is 44.0 Å². The molecule has 0 amide bonds. The summed E-state index contributed by atoms with van der Waals surface area (Å²) in [5.74, 6) is -1.90. The molecule has 0 unspecified atom stereocenters. The summed E-state index contributed by atoms with van der Waals surface area (Å²) in [4.78, 5) is 39.7. The number of benzene rings is 1. The Kier molecular flexibility index (Phi) is 6.63. The van der Waals surface area contributed by atoms with Gasteiger partial charge in [-0.25, -0.2) is 18.0 Å². The van der Waals surface area contributed by atoms with Gasteiger partial charge in [-0.2, -0.15) is 0 Å². The Bertz CT molecular complexity index is 1050. The predicted octanol–water partition coefficient (Wildman–Crippen LogP) is 2.39.